The van der Waals surface area contributed by atoms with Crippen molar-refractivity contribution in [3.63, 3.8) is 0 Å². The number of carbonyl (C=O) groups is 3. The zero-order valence-electron chi connectivity index (χ0n) is 15.7. The summed E-state index contributed by atoms with van der Waals surface area (Å²) in [6.45, 7) is 0.666. The molecule has 1 spiro atoms. The van der Waals surface area contributed by atoms with Crippen molar-refractivity contribution in [1.29, 1.82) is 0 Å². The lowest BCUT2D eigenvalue weighted by molar-refractivity contribution is -0.133. The number of carbonyl (C=O) groups excluding carboxylic acids is 2. The smallest absolute Gasteiger partial charge is 0.534 e. The highest BCUT2D eigenvalue weighted by atomic mass is 16.5. The number of ether oxygens (including phenoxy) is 1. The summed E-state index contributed by atoms with van der Waals surface area (Å²) in [4.78, 5) is 38.8. The second-order valence-electron chi connectivity index (χ2n) is 8.03. The van der Waals surface area contributed by atoms with Gasteiger partial charge in [-0.1, -0.05) is 6.07 Å². The highest BCUT2D eigenvalue weighted by Crippen LogP contribution is 2.45. The van der Waals surface area contributed by atoms with Crippen molar-refractivity contribution in [1.82, 2.24) is 15.5 Å². The first-order chi connectivity index (χ1) is 13.9. The molecule has 5 rings (SSSR count). The minimum absolute atomic E-state index is 0.00788. The molecule has 3 aliphatic heterocycles. The van der Waals surface area contributed by atoms with Crippen molar-refractivity contribution in [3.8, 4) is 11.5 Å². The molecule has 1 saturated carbocycles. The summed E-state index contributed by atoms with van der Waals surface area (Å²) in [7, 11) is -0.207. The molecule has 0 radical (unpaired) electrons. The van der Waals surface area contributed by atoms with E-state index in [1.165, 1.54) is 13.2 Å². The summed E-state index contributed by atoms with van der Waals surface area (Å²) in [5, 5.41) is 26.3. The average Bonchev–Trinajstić information content (AvgIpc) is 3.34. The number of urea groups is 1. The van der Waals surface area contributed by atoms with Crippen molar-refractivity contribution in [2.75, 3.05) is 13.7 Å². The highest BCUT2D eigenvalue weighted by Gasteiger charge is 2.64. The molecule has 4 N–H and O–H groups in total. The number of piperidine rings is 1. The molecule has 1 unspecified atom stereocenters. The number of benzene rings is 1. The predicted octanol–water partition coefficient (Wildman–Crippen LogP) is -0.611. The molecule has 3 fully saturated rings. The van der Waals surface area contributed by atoms with Crippen LogP contribution in [0.3, 0.4) is 0 Å². The van der Waals surface area contributed by atoms with Crippen LogP contribution in [0.1, 0.15) is 28.8 Å². The van der Waals surface area contributed by atoms with Crippen molar-refractivity contribution >= 4 is 25.0 Å². The molecule has 3 heterocycles. The molecule has 4 atom stereocenters. The van der Waals surface area contributed by atoms with E-state index in [0.717, 1.165) is 11.3 Å². The number of fused-ring (bicyclic) bond motifs is 4. The second-order valence-corrected chi connectivity index (χ2v) is 8.03. The fourth-order valence-corrected chi connectivity index (χ4v) is 5.25. The van der Waals surface area contributed by atoms with Gasteiger partial charge < -0.3 is 30.2 Å². The van der Waals surface area contributed by atoms with Crippen LogP contribution in [0.2, 0.25) is 0 Å². The van der Waals surface area contributed by atoms with Gasteiger partial charge in [0, 0.05) is 18.5 Å². The van der Waals surface area contributed by atoms with Crippen LogP contribution in [0.5, 0.6) is 11.5 Å². The van der Waals surface area contributed by atoms with Gasteiger partial charge in [0.15, 0.2) is 0 Å². The van der Waals surface area contributed by atoms with E-state index in [1.807, 2.05) is 0 Å². The van der Waals surface area contributed by atoms with E-state index in [1.54, 1.807) is 6.07 Å². The number of amides is 3. The van der Waals surface area contributed by atoms with Crippen LogP contribution in [0, 0.1) is 5.92 Å². The minimum atomic E-state index is -1.55. The number of carboxylic acids is 1. The third-order valence-corrected chi connectivity index (χ3v) is 6.60. The van der Waals surface area contributed by atoms with E-state index in [9.17, 15) is 24.5 Å². The normalized spacial score (nSPS) is 32.4. The van der Waals surface area contributed by atoms with Gasteiger partial charge in [0.25, 0.3) is 5.91 Å². The molecule has 10 nitrogen and oxygen atoms in total. The lowest BCUT2D eigenvalue weighted by Crippen LogP contribution is -2.58. The van der Waals surface area contributed by atoms with E-state index in [0.29, 0.717) is 18.5 Å². The Bertz CT molecular complexity index is 940. The molecular formula is C18H20BN3O7. The zero-order valence-corrected chi connectivity index (χ0v) is 15.7. The van der Waals surface area contributed by atoms with Gasteiger partial charge in [-0.15, -0.1) is 0 Å². The number of carboxylic acid groups (broad SMARTS) is 1. The summed E-state index contributed by atoms with van der Waals surface area (Å²) in [6, 6.07) is 2.76. The number of imide groups is 1. The van der Waals surface area contributed by atoms with Crippen LogP contribution in [0.4, 0.5) is 4.79 Å². The van der Waals surface area contributed by atoms with E-state index in [2.05, 4.69) is 10.6 Å². The minimum Gasteiger partial charge on any atom is -0.534 e. The predicted molar refractivity (Wildman–Crippen MR) is 98.7 cm³/mol. The van der Waals surface area contributed by atoms with Gasteiger partial charge in [-0.05, 0) is 30.9 Å². The maximum atomic E-state index is 13.3. The fourth-order valence-electron chi connectivity index (χ4n) is 5.25. The Labute approximate surface area is 166 Å². The van der Waals surface area contributed by atoms with Gasteiger partial charge in [-0.2, -0.15) is 0 Å². The largest absolute Gasteiger partial charge is 0.547 e. The molecule has 1 aromatic carbocycles. The molecule has 1 aliphatic carbocycles. The summed E-state index contributed by atoms with van der Waals surface area (Å²) in [5.41, 5.74) is -0.649. The van der Waals surface area contributed by atoms with E-state index in [4.69, 9.17) is 9.39 Å². The summed E-state index contributed by atoms with van der Waals surface area (Å²) in [5.74, 6) is -2.44. The van der Waals surface area contributed by atoms with Crippen LogP contribution in [-0.2, 0) is 11.2 Å². The van der Waals surface area contributed by atoms with Crippen molar-refractivity contribution < 1.29 is 33.9 Å². The molecule has 2 saturated heterocycles. The lowest BCUT2D eigenvalue weighted by Gasteiger charge is -2.35. The summed E-state index contributed by atoms with van der Waals surface area (Å²) in [6.07, 6.45) is 1.44. The van der Waals surface area contributed by atoms with Crippen LogP contribution in [-0.4, -0.2) is 71.2 Å². The Morgan fingerprint density at radius 1 is 1.41 bits per heavy atom. The van der Waals surface area contributed by atoms with E-state index in [-0.39, 0.29) is 41.4 Å². The first-order valence-electron chi connectivity index (χ1n) is 9.53. The van der Waals surface area contributed by atoms with Crippen molar-refractivity contribution in [3.05, 3.63) is 23.3 Å². The van der Waals surface area contributed by atoms with Crippen LogP contribution in [0.15, 0.2) is 12.1 Å². The highest BCUT2D eigenvalue weighted by molar-refractivity contribution is 6.47. The lowest BCUT2D eigenvalue weighted by atomic mass is 9.70. The molecule has 4 aliphatic rings. The Kier molecular flexibility index (Phi) is 3.84. The Hall–Kier alpha value is -2.79. The van der Waals surface area contributed by atoms with E-state index >= 15 is 0 Å². The van der Waals surface area contributed by atoms with E-state index < -0.39 is 30.6 Å². The summed E-state index contributed by atoms with van der Waals surface area (Å²) < 4.78 is 10.6. The second kappa shape index (κ2) is 6.10. The molecule has 2 bridgehead atoms. The molecule has 29 heavy (non-hydrogen) atoms. The SMILES string of the molecule is COc1ccc2c(c1C(=O)O)OB(O)[C@@H](N1C(=O)NC3(C[C@@H]4C[C@H]3CN4)C1=O)C2. The van der Waals surface area contributed by atoms with Gasteiger partial charge in [-0.25, -0.2) is 9.59 Å². The fraction of sp³-hybridized carbons (Fsp3) is 0.500. The van der Waals surface area contributed by atoms with Gasteiger partial charge in [0.1, 0.15) is 22.6 Å². The van der Waals surface area contributed by atoms with Crippen LogP contribution in [0.25, 0.3) is 0 Å². The van der Waals surface area contributed by atoms with Gasteiger partial charge in [0.2, 0.25) is 0 Å². The zero-order chi connectivity index (χ0) is 20.5. The molecule has 3 amide bonds. The number of aromatic carboxylic acids is 1. The number of methoxy groups -OCH3 is 1. The topological polar surface area (TPSA) is 137 Å². The number of rotatable bonds is 3. The van der Waals surface area contributed by atoms with Crippen LogP contribution < -0.4 is 20.0 Å². The number of hydrogen-bond acceptors (Lipinski definition) is 7. The third kappa shape index (κ3) is 2.40. The quantitative estimate of drug-likeness (QED) is 0.389. The molecular weight excluding hydrogens is 381 g/mol. The third-order valence-electron chi connectivity index (χ3n) is 6.60. The monoisotopic (exact) mass is 401 g/mol. The van der Waals surface area contributed by atoms with Gasteiger partial charge in [0.05, 0.1) is 13.1 Å². The summed E-state index contributed by atoms with van der Waals surface area (Å²) >= 11 is 0. The maximum Gasteiger partial charge on any atom is 0.547 e. The van der Waals surface area contributed by atoms with Crippen molar-refractivity contribution in [2.24, 2.45) is 5.92 Å². The Balaban J connectivity index is 1.48. The Morgan fingerprint density at radius 2 is 2.21 bits per heavy atom. The molecule has 0 aromatic heterocycles. The Morgan fingerprint density at radius 3 is 2.83 bits per heavy atom. The average molecular weight is 401 g/mol. The van der Waals surface area contributed by atoms with Crippen LogP contribution >= 0.6 is 0 Å². The number of hydrogen-bond donors (Lipinski definition) is 4. The van der Waals surface area contributed by atoms with Gasteiger partial charge in [-0.3, -0.25) is 9.69 Å². The molecule has 152 valence electrons. The number of nitrogens with zero attached hydrogens (tertiary/aromatic N) is 1. The standard InChI is InChI=1S/C18H20BN3O7/c1-28-11-3-2-8-4-12(19(27)29-14(8)13(11)15(23)24)22-16(25)18(21-17(22)26)6-10-5-9(18)7-20-10/h2-3,9-10,12,20,27H,4-7H2,1H3,(H,21,26)(H,23,24)/t9-,10-,12-,18?/m0/s1. The first kappa shape index (κ1) is 18.3. The maximum absolute atomic E-state index is 13.3. The van der Waals surface area contributed by atoms with Gasteiger partial charge >= 0.3 is 19.1 Å². The number of nitrogens with one attached hydrogen (secondary N) is 2. The van der Waals surface area contributed by atoms with Crippen molar-refractivity contribution in [2.45, 2.75) is 36.8 Å². The molecule has 11 heteroatoms. The first-order valence-corrected chi connectivity index (χ1v) is 9.53. The molecule has 1 aromatic rings.